The summed E-state index contributed by atoms with van der Waals surface area (Å²) in [6.07, 6.45) is 0.854. The average molecular weight is 364 g/mol. The first kappa shape index (κ1) is 22.3. The molecule has 0 aliphatic carbocycles. The van der Waals surface area contributed by atoms with E-state index in [9.17, 15) is 4.79 Å². The molecule has 1 aliphatic rings. The van der Waals surface area contributed by atoms with Crippen molar-refractivity contribution in [3.63, 3.8) is 0 Å². The second-order valence-corrected chi connectivity index (χ2v) is 5.45. The zero-order chi connectivity index (χ0) is 18.0. The van der Waals surface area contributed by atoms with Crippen LogP contribution in [-0.4, -0.2) is 91.4 Å². The van der Waals surface area contributed by atoms with E-state index in [0.717, 1.165) is 6.42 Å². The predicted molar refractivity (Wildman–Crippen MR) is 89.7 cm³/mol. The van der Waals surface area contributed by atoms with Gasteiger partial charge in [-0.1, -0.05) is 6.92 Å². The number of esters is 1. The van der Waals surface area contributed by atoms with E-state index < -0.39 is 0 Å². The molecule has 0 spiro atoms. The summed E-state index contributed by atoms with van der Waals surface area (Å²) in [6, 6.07) is 0. The highest BCUT2D eigenvalue weighted by Crippen LogP contribution is 1.99. The minimum absolute atomic E-state index is 0.177. The van der Waals surface area contributed by atoms with Gasteiger partial charge in [0.15, 0.2) is 0 Å². The van der Waals surface area contributed by atoms with E-state index in [1.807, 2.05) is 6.92 Å². The van der Waals surface area contributed by atoms with Gasteiger partial charge in [-0.15, -0.1) is 0 Å². The van der Waals surface area contributed by atoms with E-state index >= 15 is 0 Å². The maximum atomic E-state index is 11.5. The minimum Gasteiger partial charge on any atom is -0.463 e. The molecule has 8 heteroatoms. The summed E-state index contributed by atoms with van der Waals surface area (Å²) < 4.78 is 38.0. The van der Waals surface area contributed by atoms with Crippen LogP contribution in [0.2, 0.25) is 0 Å². The fourth-order valence-corrected chi connectivity index (χ4v) is 1.97. The first-order valence-corrected chi connectivity index (χ1v) is 8.99. The van der Waals surface area contributed by atoms with Crippen LogP contribution in [0.4, 0.5) is 0 Å². The molecule has 1 unspecified atom stereocenters. The summed E-state index contributed by atoms with van der Waals surface area (Å²) >= 11 is 0. The van der Waals surface area contributed by atoms with E-state index in [0.29, 0.717) is 79.1 Å². The van der Waals surface area contributed by atoms with Gasteiger partial charge >= 0.3 is 5.97 Å². The third-order valence-corrected chi connectivity index (χ3v) is 3.26. The molecule has 1 atom stereocenters. The minimum atomic E-state index is -0.317. The Balaban J connectivity index is 2.28. The molecule has 0 bridgehead atoms. The summed E-state index contributed by atoms with van der Waals surface area (Å²) in [5.74, 6) is -0.220. The van der Waals surface area contributed by atoms with Crippen LogP contribution < -0.4 is 0 Å². The van der Waals surface area contributed by atoms with Crippen LogP contribution in [0.25, 0.3) is 0 Å². The van der Waals surface area contributed by atoms with Crippen molar-refractivity contribution in [3.8, 4) is 0 Å². The van der Waals surface area contributed by atoms with E-state index in [1.165, 1.54) is 0 Å². The normalized spacial score (nSPS) is 23.3. The van der Waals surface area contributed by atoms with E-state index in [-0.39, 0.29) is 18.7 Å². The topological polar surface area (TPSA) is 81.7 Å². The molecule has 1 saturated heterocycles. The lowest BCUT2D eigenvalue weighted by molar-refractivity contribution is -0.150. The second kappa shape index (κ2) is 16.7. The van der Waals surface area contributed by atoms with Crippen LogP contribution in [0, 0.1) is 0 Å². The number of ether oxygens (including phenoxy) is 7. The molecule has 1 heterocycles. The lowest BCUT2D eigenvalue weighted by Gasteiger charge is -2.18. The zero-order valence-corrected chi connectivity index (χ0v) is 15.2. The Labute approximate surface area is 150 Å². The van der Waals surface area contributed by atoms with Gasteiger partial charge in [-0.2, -0.15) is 0 Å². The van der Waals surface area contributed by atoms with E-state index in [1.54, 1.807) is 0 Å². The smallest absolute Gasteiger partial charge is 0.305 e. The zero-order valence-electron chi connectivity index (χ0n) is 15.2. The fraction of sp³-hybridized carbons (Fsp3) is 0.941. The molecule has 8 nitrogen and oxygen atoms in total. The maximum Gasteiger partial charge on any atom is 0.305 e. The molecule has 1 fully saturated rings. The third kappa shape index (κ3) is 14.1. The third-order valence-electron chi connectivity index (χ3n) is 3.26. The molecule has 0 aromatic carbocycles. The van der Waals surface area contributed by atoms with Crippen LogP contribution in [0.5, 0.6) is 0 Å². The maximum absolute atomic E-state index is 11.5. The predicted octanol–water partition coefficient (Wildman–Crippen LogP) is 0.812. The molecular formula is C17H32O8. The highest BCUT2D eigenvalue weighted by atomic mass is 16.6. The summed E-state index contributed by atoms with van der Waals surface area (Å²) in [5, 5.41) is 0. The first-order chi connectivity index (χ1) is 12.3. The molecule has 0 amide bonds. The number of carbonyl (C=O) groups excluding carboxylic acids is 1. The molecular weight excluding hydrogens is 332 g/mol. The van der Waals surface area contributed by atoms with Crippen molar-refractivity contribution in [2.75, 3.05) is 79.3 Å². The highest BCUT2D eigenvalue weighted by molar-refractivity contribution is 5.69. The fourth-order valence-electron chi connectivity index (χ4n) is 1.97. The van der Waals surface area contributed by atoms with Gasteiger partial charge in [0.25, 0.3) is 0 Å². The Kier molecular flexibility index (Phi) is 14.9. The van der Waals surface area contributed by atoms with Gasteiger partial charge in [0, 0.05) is 6.42 Å². The van der Waals surface area contributed by atoms with Gasteiger partial charge in [-0.25, -0.2) is 0 Å². The number of hydrogen-bond acceptors (Lipinski definition) is 8. The molecule has 0 radical (unpaired) electrons. The summed E-state index contributed by atoms with van der Waals surface area (Å²) in [7, 11) is 0. The van der Waals surface area contributed by atoms with Gasteiger partial charge < -0.3 is 33.2 Å². The molecule has 0 aromatic heterocycles. The van der Waals surface area contributed by atoms with Crippen LogP contribution in [-0.2, 0) is 38.0 Å². The largest absolute Gasteiger partial charge is 0.463 e. The molecule has 0 N–H and O–H groups in total. The van der Waals surface area contributed by atoms with Crippen molar-refractivity contribution in [1.82, 2.24) is 0 Å². The number of hydrogen-bond donors (Lipinski definition) is 0. The first-order valence-electron chi connectivity index (χ1n) is 8.99. The quantitative estimate of drug-likeness (QED) is 0.678. The molecule has 148 valence electrons. The number of rotatable bonds is 4. The Morgan fingerprint density at radius 1 is 0.800 bits per heavy atom. The molecule has 0 saturated carbocycles. The van der Waals surface area contributed by atoms with Gasteiger partial charge in [-0.3, -0.25) is 4.79 Å². The number of carbonyl (C=O) groups is 1. The van der Waals surface area contributed by atoms with Crippen LogP contribution in [0.1, 0.15) is 19.8 Å². The summed E-state index contributed by atoms with van der Waals surface area (Å²) in [4.78, 5) is 11.5. The Morgan fingerprint density at radius 2 is 1.28 bits per heavy atom. The molecule has 0 aromatic rings. The van der Waals surface area contributed by atoms with Gasteiger partial charge in [0.1, 0.15) is 12.7 Å². The van der Waals surface area contributed by atoms with Gasteiger partial charge in [0.2, 0.25) is 0 Å². The second-order valence-electron chi connectivity index (χ2n) is 5.45. The Bertz CT molecular complexity index is 295. The van der Waals surface area contributed by atoms with Crippen molar-refractivity contribution in [2.24, 2.45) is 0 Å². The summed E-state index contributed by atoms with van der Waals surface area (Å²) in [6.45, 7) is 7.35. The Hall–Kier alpha value is -0.770. The van der Waals surface area contributed by atoms with Crippen LogP contribution in [0.3, 0.4) is 0 Å². The van der Waals surface area contributed by atoms with Gasteiger partial charge in [-0.05, 0) is 6.42 Å². The lowest BCUT2D eigenvalue weighted by atomic mass is 10.3. The molecule has 1 aliphatic heterocycles. The average Bonchev–Trinajstić information content (AvgIpc) is 2.61. The van der Waals surface area contributed by atoms with Crippen molar-refractivity contribution in [2.45, 2.75) is 25.9 Å². The SMILES string of the molecule is CCCC(=O)OCC1COCCOCCOCCOCCOCCO1. The van der Waals surface area contributed by atoms with Crippen molar-refractivity contribution in [1.29, 1.82) is 0 Å². The van der Waals surface area contributed by atoms with Crippen molar-refractivity contribution in [3.05, 3.63) is 0 Å². The van der Waals surface area contributed by atoms with Crippen LogP contribution >= 0.6 is 0 Å². The lowest BCUT2D eigenvalue weighted by Crippen LogP contribution is -2.29. The van der Waals surface area contributed by atoms with Crippen LogP contribution in [0.15, 0.2) is 0 Å². The van der Waals surface area contributed by atoms with E-state index in [4.69, 9.17) is 33.2 Å². The standard InChI is InChI=1S/C17H32O8/c1-2-3-17(18)25-15-16-14-23-11-10-21-7-6-19-4-5-20-8-9-22-12-13-24-16/h16H,2-15H2,1H3. The van der Waals surface area contributed by atoms with Crippen molar-refractivity contribution < 1.29 is 38.0 Å². The highest BCUT2D eigenvalue weighted by Gasteiger charge is 2.13. The van der Waals surface area contributed by atoms with E-state index in [2.05, 4.69) is 0 Å². The van der Waals surface area contributed by atoms with Crippen molar-refractivity contribution >= 4 is 5.97 Å². The van der Waals surface area contributed by atoms with Gasteiger partial charge in [0.05, 0.1) is 72.7 Å². The Morgan fingerprint density at radius 3 is 1.80 bits per heavy atom. The summed E-state index contributed by atoms with van der Waals surface area (Å²) in [5.41, 5.74) is 0. The molecule has 1 rings (SSSR count). The molecule has 25 heavy (non-hydrogen) atoms. The monoisotopic (exact) mass is 364 g/mol.